The third-order valence-electron chi connectivity index (χ3n) is 6.29. The van der Waals surface area contributed by atoms with Crippen molar-refractivity contribution in [3.63, 3.8) is 0 Å². The van der Waals surface area contributed by atoms with Crippen molar-refractivity contribution in [1.82, 2.24) is 4.98 Å². The lowest BCUT2D eigenvalue weighted by molar-refractivity contribution is -0.137. The smallest absolute Gasteiger partial charge is 0.325 e. The molecular weight excluding hydrogens is 499 g/mol. The molecule has 0 radical (unpaired) electrons. The zero-order valence-electron chi connectivity index (χ0n) is 18.3. The molecule has 1 saturated heterocycles. The number of amides is 3. The van der Waals surface area contributed by atoms with Gasteiger partial charge in [-0.05, 0) is 43.2 Å². The van der Waals surface area contributed by atoms with Gasteiger partial charge in [-0.15, -0.1) is 11.3 Å². The van der Waals surface area contributed by atoms with E-state index in [1.807, 2.05) is 0 Å². The molecule has 3 amide bonds. The maximum Gasteiger partial charge on any atom is 0.418 e. The van der Waals surface area contributed by atoms with Crippen LogP contribution in [0.4, 0.5) is 24.5 Å². The van der Waals surface area contributed by atoms with E-state index in [4.69, 9.17) is 0 Å². The van der Waals surface area contributed by atoms with Gasteiger partial charge in [-0.1, -0.05) is 36.7 Å². The van der Waals surface area contributed by atoms with Gasteiger partial charge in [0.05, 0.1) is 44.7 Å². The number of para-hydroxylation sites is 1. The zero-order chi connectivity index (χ0) is 24.7. The first-order valence-electron chi connectivity index (χ1n) is 11.1. The molecule has 6 nitrogen and oxygen atoms in total. The number of thiazole rings is 1. The van der Waals surface area contributed by atoms with Gasteiger partial charge >= 0.3 is 6.18 Å². The van der Waals surface area contributed by atoms with Crippen LogP contribution in [0, 0.1) is 11.8 Å². The molecule has 11 heteroatoms. The van der Waals surface area contributed by atoms with E-state index in [-0.39, 0.29) is 35.1 Å². The summed E-state index contributed by atoms with van der Waals surface area (Å²) in [4.78, 5) is 43.8. The normalized spacial score (nSPS) is 20.4. The van der Waals surface area contributed by atoms with Crippen molar-refractivity contribution in [1.29, 1.82) is 0 Å². The van der Waals surface area contributed by atoms with E-state index in [0.29, 0.717) is 15.5 Å². The molecule has 1 N–H and O–H groups in total. The number of hydrogen-bond acceptors (Lipinski definition) is 6. The fourth-order valence-corrected chi connectivity index (χ4v) is 6.56. The highest BCUT2D eigenvalue weighted by Gasteiger charge is 2.48. The Morgan fingerprint density at radius 2 is 1.77 bits per heavy atom. The second kappa shape index (κ2) is 9.27. The molecule has 0 unspecified atom stereocenters. The van der Waals surface area contributed by atoms with Crippen LogP contribution in [-0.4, -0.2) is 28.5 Å². The van der Waals surface area contributed by atoms with Crippen molar-refractivity contribution in [2.24, 2.45) is 11.8 Å². The van der Waals surface area contributed by atoms with Gasteiger partial charge < -0.3 is 5.32 Å². The summed E-state index contributed by atoms with van der Waals surface area (Å²) in [5.41, 5.74) is -0.0269. The van der Waals surface area contributed by atoms with E-state index in [0.717, 1.165) is 48.2 Å². The highest BCUT2D eigenvalue weighted by atomic mass is 32.2. The second-order valence-corrected chi connectivity index (χ2v) is 10.8. The third kappa shape index (κ3) is 4.66. The van der Waals surface area contributed by atoms with Crippen molar-refractivity contribution in [2.45, 2.75) is 36.2 Å². The highest BCUT2D eigenvalue weighted by Crippen LogP contribution is 2.41. The Labute approximate surface area is 206 Å². The van der Waals surface area contributed by atoms with Crippen LogP contribution < -0.4 is 10.2 Å². The van der Waals surface area contributed by atoms with Crippen molar-refractivity contribution >= 4 is 62.4 Å². The Bertz CT molecular complexity index is 1300. The zero-order valence-corrected chi connectivity index (χ0v) is 19.9. The summed E-state index contributed by atoms with van der Waals surface area (Å²) in [5, 5.41) is 2.32. The summed E-state index contributed by atoms with van der Waals surface area (Å²) < 4.78 is 40.7. The van der Waals surface area contributed by atoms with Crippen molar-refractivity contribution < 1.29 is 27.6 Å². The maximum absolute atomic E-state index is 13.1. The first-order valence-corrected chi connectivity index (χ1v) is 12.9. The number of benzene rings is 2. The number of imide groups is 1. The summed E-state index contributed by atoms with van der Waals surface area (Å²) in [5.74, 6) is -1.46. The van der Waals surface area contributed by atoms with Crippen molar-refractivity contribution in [3.8, 4) is 0 Å². The Hall–Kier alpha value is -2.92. The minimum atomic E-state index is -4.57. The van der Waals surface area contributed by atoms with E-state index < -0.39 is 17.6 Å². The molecule has 2 aromatic carbocycles. The molecule has 0 bridgehead atoms. The number of fused-ring (bicyclic) bond motifs is 2. The van der Waals surface area contributed by atoms with Crippen LogP contribution in [0.5, 0.6) is 0 Å². The SMILES string of the molecule is O=C(CSc1nc2ccc(N3C(=O)[C@H]4CCCC[C@H]4C3=O)cc2s1)Nc1ccccc1C(F)(F)F. The molecule has 1 saturated carbocycles. The van der Waals surface area contributed by atoms with Gasteiger partial charge in [0.25, 0.3) is 0 Å². The van der Waals surface area contributed by atoms with Gasteiger partial charge in [0, 0.05) is 0 Å². The lowest BCUT2D eigenvalue weighted by atomic mass is 9.81. The number of anilines is 2. The van der Waals surface area contributed by atoms with Crippen LogP contribution in [-0.2, 0) is 20.6 Å². The van der Waals surface area contributed by atoms with E-state index in [1.54, 1.807) is 18.2 Å². The van der Waals surface area contributed by atoms with Gasteiger partial charge in [0.1, 0.15) is 0 Å². The molecule has 0 spiro atoms. The Morgan fingerprint density at radius 3 is 2.46 bits per heavy atom. The average molecular weight is 520 g/mol. The first-order chi connectivity index (χ1) is 16.7. The number of aromatic nitrogens is 1. The van der Waals surface area contributed by atoms with Crippen molar-refractivity contribution in [3.05, 3.63) is 48.0 Å². The van der Waals surface area contributed by atoms with Gasteiger partial charge in [-0.2, -0.15) is 13.2 Å². The molecular formula is C24H20F3N3O3S2. The van der Waals surface area contributed by atoms with Crippen LogP contribution in [0.3, 0.4) is 0 Å². The summed E-state index contributed by atoms with van der Waals surface area (Å²) in [7, 11) is 0. The largest absolute Gasteiger partial charge is 0.418 e. The number of thioether (sulfide) groups is 1. The number of nitrogens with one attached hydrogen (secondary N) is 1. The monoisotopic (exact) mass is 519 g/mol. The molecule has 1 aromatic heterocycles. The number of rotatable bonds is 5. The summed E-state index contributed by atoms with van der Waals surface area (Å²) in [6.45, 7) is 0. The molecule has 35 heavy (non-hydrogen) atoms. The minimum Gasteiger partial charge on any atom is -0.325 e. The second-order valence-electron chi connectivity index (χ2n) is 8.52. The number of alkyl halides is 3. The van der Waals surface area contributed by atoms with Gasteiger partial charge in [-0.25, -0.2) is 4.98 Å². The van der Waals surface area contributed by atoms with Crippen LogP contribution in [0.1, 0.15) is 31.2 Å². The number of halogens is 3. The van der Waals surface area contributed by atoms with Gasteiger partial charge in [-0.3, -0.25) is 19.3 Å². The predicted octanol–water partition coefficient (Wildman–Crippen LogP) is 5.73. The minimum absolute atomic E-state index is 0.120. The van der Waals surface area contributed by atoms with E-state index in [2.05, 4.69) is 10.3 Å². The molecule has 2 heterocycles. The molecule has 5 rings (SSSR count). The van der Waals surface area contributed by atoms with Crippen LogP contribution in [0.15, 0.2) is 46.8 Å². The van der Waals surface area contributed by atoms with Crippen LogP contribution in [0.2, 0.25) is 0 Å². The van der Waals surface area contributed by atoms with Crippen LogP contribution >= 0.6 is 23.1 Å². The number of hydrogen-bond donors (Lipinski definition) is 1. The standard InChI is InChI=1S/C24H20F3N3O3S2/c25-24(26,27)16-7-3-4-8-17(16)28-20(31)12-34-23-29-18-10-9-13(11-19(18)35-23)30-21(32)14-5-1-2-6-15(14)22(30)33/h3-4,7-11,14-15H,1-2,5-6,12H2,(H,28,31)/t14-,15+. The fourth-order valence-electron chi connectivity index (χ4n) is 4.66. The van der Waals surface area contributed by atoms with E-state index in [1.165, 1.54) is 34.4 Å². The Kier molecular flexibility index (Phi) is 6.30. The molecule has 1 aliphatic carbocycles. The van der Waals surface area contributed by atoms with E-state index >= 15 is 0 Å². The lowest BCUT2D eigenvalue weighted by Gasteiger charge is -2.19. The Balaban J connectivity index is 1.28. The van der Waals surface area contributed by atoms with Gasteiger partial charge in [0.15, 0.2) is 4.34 Å². The van der Waals surface area contributed by atoms with Crippen LogP contribution in [0.25, 0.3) is 10.2 Å². The summed E-state index contributed by atoms with van der Waals surface area (Å²) in [6, 6.07) is 10.00. The number of carbonyl (C=O) groups excluding carboxylic acids is 3. The van der Waals surface area contributed by atoms with Gasteiger partial charge in [0.2, 0.25) is 17.7 Å². The molecule has 3 aromatic rings. The topological polar surface area (TPSA) is 79.4 Å². The lowest BCUT2D eigenvalue weighted by Crippen LogP contribution is -2.30. The number of nitrogens with zero attached hydrogens (tertiary/aromatic N) is 2. The van der Waals surface area contributed by atoms with Crippen molar-refractivity contribution in [2.75, 3.05) is 16.0 Å². The fraction of sp³-hybridized carbons (Fsp3) is 0.333. The molecule has 2 fully saturated rings. The molecule has 1 aliphatic heterocycles. The highest BCUT2D eigenvalue weighted by molar-refractivity contribution is 8.01. The quantitative estimate of drug-likeness (QED) is 0.344. The molecule has 2 aliphatic rings. The summed E-state index contributed by atoms with van der Waals surface area (Å²) in [6.07, 6.45) is -1.18. The summed E-state index contributed by atoms with van der Waals surface area (Å²) >= 11 is 2.41. The predicted molar refractivity (Wildman–Crippen MR) is 128 cm³/mol. The average Bonchev–Trinajstić information content (AvgIpc) is 3.35. The van der Waals surface area contributed by atoms with E-state index in [9.17, 15) is 27.6 Å². The third-order valence-corrected chi connectivity index (χ3v) is 8.45. The molecule has 182 valence electrons. The number of carbonyl (C=O) groups is 3. The first kappa shape index (κ1) is 23.8. The maximum atomic E-state index is 13.1. The Morgan fingerprint density at radius 1 is 1.09 bits per heavy atom. The molecule has 2 atom stereocenters.